The summed E-state index contributed by atoms with van der Waals surface area (Å²) in [6.07, 6.45) is 8.83. The van der Waals surface area contributed by atoms with Crippen molar-refractivity contribution in [2.75, 3.05) is 18.0 Å². The van der Waals surface area contributed by atoms with Crippen molar-refractivity contribution in [3.05, 3.63) is 27.7 Å². The van der Waals surface area contributed by atoms with Crippen molar-refractivity contribution in [3.63, 3.8) is 0 Å². The highest BCUT2D eigenvalue weighted by molar-refractivity contribution is 9.10. The largest absolute Gasteiger partial charge is 0.442 e. The van der Waals surface area contributed by atoms with Crippen molar-refractivity contribution in [1.82, 2.24) is 15.3 Å². The van der Waals surface area contributed by atoms with Crippen molar-refractivity contribution in [3.8, 4) is 0 Å². The molecule has 1 aromatic carbocycles. The normalized spacial score (nSPS) is 22.5. The zero-order valence-electron chi connectivity index (χ0n) is 18.3. The summed E-state index contributed by atoms with van der Waals surface area (Å²) in [4.78, 5) is 23.1. The molecule has 2 aliphatic heterocycles. The molecule has 2 fully saturated rings. The number of hydrogen-bond acceptors (Lipinski definition) is 6. The molecule has 2 aliphatic rings. The Bertz CT molecular complexity index is 994. The number of fused-ring (bicyclic) bond motifs is 3. The Balaban J connectivity index is 1.47. The first kappa shape index (κ1) is 23.6. The first-order chi connectivity index (χ1) is 15.4. The lowest BCUT2D eigenvalue weighted by molar-refractivity contribution is -0.162. The molecule has 0 spiro atoms. The number of carbonyl (C=O) groups excluding carboxylic acids is 1. The monoisotopic (exact) mass is 526 g/mol. The molecule has 2 atom stereocenters. The Labute approximate surface area is 201 Å². The molecule has 9 heteroatoms. The van der Waals surface area contributed by atoms with Gasteiger partial charge in [0.25, 0.3) is 0 Å². The second-order valence-corrected chi connectivity index (χ2v) is 10.0. The van der Waals surface area contributed by atoms with Crippen LogP contribution in [0, 0.1) is 5.82 Å². The molecule has 1 aromatic heterocycles. The van der Waals surface area contributed by atoms with E-state index in [1.54, 1.807) is 12.1 Å². The van der Waals surface area contributed by atoms with E-state index >= 15 is 0 Å². The van der Waals surface area contributed by atoms with Crippen LogP contribution in [0.15, 0.2) is 16.6 Å². The zero-order valence-corrected chi connectivity index (χ0v) is 20.6. The fraction of sp³-hybridized carbons (Fsp3) is 0.609. The highest BCUT2D eigenvalue weighted by Crippen LogP contribution is 2.37. The maximum absolute atomic E-state index is 14.7. The molecule has 0 unspecified atom stereocenters. The minimum Gasteiger partial charge on any atom is -0.442 e. The van der Waals surface area contributed by atoms with E-state index in [4.69, 9.17) is 16.3 Å². The number of rotatable bonds is 9. The second-order valence-electron chi connectivity index (χ2n) is 8.82. The molecule has 4 rings (SSSR count). The highest BCUT2D eigenvalue weighted by Gasteiger charge is 2.48. The van der Waals surface area contributed by atoms with E-state index in [-0.39, 0.29) is 22.8 Å². The number of nitrogens with zero attached hydrogens (tertiary/aromatic N) is 3. The van der Waals surface area contributed by atoms with Crippen molar-refractivity contribution in [2.45, 2.75) is 76.5 Å². The maximum Gasteiger partial charge on any atom is 0.307 e. The highest BCUT2D eigenvalue weighted by atomic mass is 79.9. The van der Waals surface area contributed by atoms with Crippen LogP contribution >= 0.6 is 27.5 Å². The number of piperazine rings is 1. The number of aromatic nitrogens is 2. The molecule has 2 aromatic rings. The number of carbonyl (C=O) groups is 1. The SMILES string of the molecule is CCCCCCCCC(=O)O[C@]12CC[C@@H](CN(c3nc(Cl)nc4c(F)c(Br)ccc34)C1)N2. The lowest BCUT2D eigenvalue weighted by Crippen LogP contribution is -2.61. The molecule has 0 aliphatic carbocycles. The fourth-order valence-electron chi connectivity index (χ4n) is 4.75. The minimum atomic E-state index is -0.750. The second kappa shape index (κ2) is 10.2. The summed E-state index contributed by atoms with van der Waals surface area (Å²) >= 11 is 9.35. The first-order valence-electron chi connectivity index (χ1n) is 11.5. The Hall–Kier alpha value is -1.51. The predicted molar refractivity (Wildman–Crippen MR) is 127 cm³/mol. The molecular weight excluding hydrogens is 499 g/mol. The van der Waals surface area contributed by atoms with Gasteiger partial charge in [-0.1, -0.05) is 39.0 Å². The van der Waals surface area contributed by atoms with E-state index in [0.29, 0.717) is 35.2 Å². The van der Waals surface area contributed by atoms with Crippen LogP contribution in [0.4, 0.5) is 10.2 Å². The van der Waals surface area contributed by atoms with Crippen LogP contribution < -0.4 is 10.2 Å². The van der Waals surface area contributed by atoms with Crippen LogP contribution in [0.1, 0.15) is 64.7 Å². The van der Waals surface area contributed by atoms with Gasteiger partial charge in [0.1, 0.15) is 11.3 Å². The lowest BCUT2D eigenvalue weighted by atomic mass is 10.1. The summed E-state index contributed by atoms with van der Waals surface area (Å²) in [5.74, 6) is -0.0709. The lowest BCUT2D eigenvalue weighted by Gasteiger charge is -2.41. The van der Waals surface area contributed by atoms with Crippen LogP contribution in [0.2, 0.25) is 5.28 Å². The standard InChI is InChI=1S/C23H29BrClFN4O2/c1-2-3-4-5-6-7-8-18(31)32-23-12-11-15(29-23)13-30(14-23)21-16-9-10-17(24)19(26)20(16)27-22(25)28-21/h9-10,15,29H,2-8,11-14H2,1H3/t15-,23+/m0/s1. The quantitative estimate of drug-likeness (QED) is 0.255. The van der Waals surface area contributed by atoms with Gasteiger partial charge in [-0.15, -0.1) is 0 Å². The third-order valence-corrected chi connectivity index (χ3v) is 7.09. The van der Waals surface area contributed by atoms with Crippen molar-refractivity contribution in [1.29, 1.82) is 0 Å². The number of esters is 1. The number of anilines is 1. The van der Waals surface area contributed by atoms with Gasteiger partial charge in [-0.2, -0.15) is 4.98 Å². The summed E-state index contributed by atoms with van der Waals surface area (Å²) in [6, 6.07) is 3.59. The van der Waals surface area contributed by atoms with E-state index in [9.17, 15) is 9.18 Å². The maximum atomic E-state index is 14.7. The molecule has 174 valence electrons. The van der Waals surface area contributed by atoms with Gasteiger partial charge >= 0.3 is 5.97 Å². The molecule has 6 nitrogen and oxygen atoms in total. The smallest absolute Gasteiger partial charge is 0.307 e. The summed E-state index contributed by atoms with van der Waals surface area (Å²) in [5.41, 5.74) is -0.575. The molecule has 3 heterocycles. The number of benzene rings is 1. The first-order valence-corrected chi connectivity index (χ1v) is 12.6. The van der Waals surface area contributed by atoms with Crippen molar-refractivity contribution in [2.24, 2.45) is 0 Å². The zero-order chi connectivity index (χ0) is 22.7. The summed E-state index contributed by atoms with van der Waals surface area (Å²) in [6.45, 7) is 3.31. The fourth-order valence-corrected chi connectivity index (χ4v) is 5.24. The Morgan fingerprint density at radius 2 is 2.09 bits per heavy atom. The van der Waals surface area contributed by atoms with Crippen LogP contribution in [0.25, 0.3) is 10.9 Å². The predicted octanol–water partition coefficient (Wildman–Crippen LogP) is 5.75. The summed E-state index contributed by atoms with van der Waals surface area (Å²) in [7, 11) is 0. The van der Waals surface area contributed by atoms with Gasteiger partial charge in [0, 0.05) is 30.8 Å². The summed E-state index contributed by atoms with van der Waals surface area (Å²) < 4.78 is 21.0. The van der Waals surface area contributed by atoms with Crippen molar-refractivity contribution >= 4 is 50.2 Å². The van der Waals surface area contributed by atoms with E-state index in [0.717, 1.165) is 32.1 Å². The van der Waals surface area contributed by atoms with E-state index in [1.165, 1.54) is 19.3 Å². The van der Waals surface area contributed by atoms with Gasteiger partial charge < -0.3 is 9.64 Å². The molecule has 0 radical (unpaired) electrons. The van der Waals surface area contributed by atoms with Crippen LogP contribution in [0.5, 0.6) is 0 Å². The van der Waals surface area contributed by atoms with Crippen molar-refractivity contribution < 1.29 is 13.9 Å². The van der Waals surface area contributed by atoms with Crippen LogP contribution in [-0.2, 0) is 9.53 Å². The van der Waals surface area contributed by atoms with Gasteiger partial charge in [0.15, 0.2) is 11.5 Å². The van der Waals surface area contributed by atoms with Gasteiger partial charge in [-0.3, -0.25) is 10.1 Å². The molecule has 2 saturated heterocycles. The number of nitrogens with one attached hydrogen (secondary N) is 1. The molecule has 1 N–H and O–H groups in total. The molecule has 2 bridgehead atoms. The molecule has 0 amide bonds. The molecular formula is C23H29BrClFN4O2. The van der Waals surface area contributed by atoms with Gasteiger partial charge in [-0.05, 0) is 52.5 Å². The number of hydrogen-bond donors (Lipinski definition) is 1. The average Bonchev–Trinajstić information content (AvgIpc) is 3.06. The topological polar surface area (TPSA) is 67.3 Å². The number of ether oxygens (including phenoxy) is 1. The summed E-state index contributed by atoms with van der Waals surface area (Å²) in [5, 5.41) is 4.07. The van der Waals surface area contributed by atoms with Gasteiger partial charge in [0.05, 0.1) is 11.0 Å². The number of halogens is 3. The number of unbranched alkanes of at least 4 members (excludes halogenated alkanes) is 5. The molecule has 0 saturated carbocycles. The van der Waals surface area contributed by atoms with E-state index in [2.05, 4.69) is 38.1 Å². The Morgan fingerprint density at radius 3 is 2.91 bits per heavy atom. The minimum absolute atomic E-state index is 0.00972. The molecule has 32 heavy (non-hydrogen) atoms. The van der Waals surface area contributed by atoms with Gasteiger partial charge in [0.2, 0.25) is 5.28 Å². The Kier molecular flexibility index (Phi) is 7.52. The van der Waals surface area contributed by atoms with E-state index < -0.39 is 11.5 Å². The third kappa shape index (κ3) is 5.18. The van der Waals surface area contributed by atoms with E-state index in [1.807, 2.05) is 4.90 Å². The van der Waals surface area contributed by atoms with Crippen LogP contribution in [0.3, 0.4) is 0 Å². The van der Waals surface area contributed by atoms with Crippen LogP contribution in [-0.4, -0.2) is 40.8 Å². The van der Waals surface area contributed by atoms with Gasteiger partial charge in [-0.25, -0.2) is 9.37 Å². The third-order valence-electron chi connectivity index (χ3n) is 6.31. The Morgan fingerprint density at radius 1 is 1.31 bits per heavy atom. The average molecular weight is 528 g/mol.